The van der Waals surface area contributed by atoms with E-state index >= 15 is 0 Å². The Hall–Kier alpha value is -0.390. The molecular weight excluding hydrogens is 288 g/mol. The van der Waals surface area contributed by atoms with E-state index in [1.165, 1.54) is 17.7 Å². The van der Waals surface area contributed by atoms with Gasteiger partial charge >= 0.3 is 0 Å². The fourth-order valence-electron chi connectivity index (χ4n) is 1.39. The fourth-order valence-corrected chi connectivity index (χ4v) is 2.81. The molecule has 1 fully saturated rings. The third-order valence-electron chi connectivity index (χ3n) is 2.49. The van der Waals surface area contributed by atoms with Gasteiger partial charge in [-0.25, -0.2) is 0 Å². The van der Waals surface area contributed by atoms with E-state index in [1.54, 1.807) is 11.3 Å². The average molecular weight is 303 g/mol. The summed E-state index contributed by atoms with van der Waals surface area (Å²) in [7, 11) is 0. The smallest absolute Gasteiger partial charge is 0.233 e. The highest BCUT2D eigenvalue weighted by Crippen LogP contribution is 2.27. The zero-order valence-corrected chi connectivity index (χ0v) is 11.4. The molecule has 0 atom stereocenters. The largest absolute Gasteiger partial charge is 0.355 e. The second-order valence-corrected chi connectivity index (χ2v) is 5.99. The molecule has 16 heavy (non-hydrogen) atoms. The zero-order chi connectivity index (χ0) is 11.4. The molecule has 2 N–H and O–H groups in total. The van der Waals surface area contributed by atoms with Crippen LogP contribution in [0.5, 0.6) is 0 Å². The van der Waals surface area contributed by atoms with Crippen LogP contribution in [0.3, 0.4) is 0 Å². The Bertz CT molecular complexity index is 363. The van der Waals surface area contributed by atoms with Gasteiger partial charge in [0, 0.05) is 27.8 Å². The van der Waals surface area contributed by atoms with Crippen molar-refractivity contribution in [2.45, 2.75) is 19.4 Å². The lowest BCUT2D eigenvalue weighted by atomic mass is 10.4. The average Bonchev–Trinajstić information content (AvgIpc) is 2.99. The molecule has 0 saturated heterocycles. The summed E-state index contributed by atoms with van der Waals surface area (Å²) in [5.41, 5.74) is 0. The van der Waals surface area contributed by atoms with Crippen LogP contribution in [0, 0.1) is 5.92 Å². The predicted octanol–water partition coefficient (Wildman–Crippen LogP) is 2.13. The van der Waals surface area contributed by atoms with Crippen molar-refractivity contribution in [3.05, 3.63) is 20.8 Å². The van der Waals surface area contributed by atoms with Gasteiger partial charge in [0.05, 0.1) is 6.54 Å². The van der Waals surface area contributed by atoms with Crippen molar-refractivity contribution < 1.29 is 4.79 Å². The maximum Gasteiger partial charge on any atom is 0.233 e. The van der Waals surface area contributed by atoms with Crippen molar-refractivity contribution in [2.75, 3.05) is 13.1 Å². The minimum absolute atomic E-state index is 0.0996. The third-order valence-corrected chi connectivity index (χ3v) is 4.19. The monoisotopic (exact) mass is 302 g/mol. The molecule has 0 unspecified atom stereocenters. The van der Waals surface area contributed by atoms with Gasteiger partial charge in [0.2, 0.25) is 5.91 Å². The molecule has 0 aliphatic heterocycles. The fraction of sp³-hybridized carbons (Fsp3) is 0.545. The first-order chi connectivity index (χ1) is 7.74. The standard InChI is InChI=1S/C11H15BrN2OS/c12-9-3-10(16-7-9)5-13-6-11(15)14-4-8-1-2-8/h3,7-8,13H,1-2,4-6H2,(H,14,15). The Morgan fingerprint density at radius 2 is 2.38 bits per heavy atom. The molecular formula is C11H15BrN2OS. The van der Waals surface area contributed by atoms with Gasteiger partial charge < -0.3 is 10.6 Å². The van der Waals surface area contributed by atoms with E-state index in [1.807, 2.05) is 5.38 Å². The summed E-state index contributed by atoms with van der Waals surface area (Å²) in [6.07, 6.45) is 2.55. The van der Waals surface area contributed by atoms with Crippen molar-refractivity contribution >= 4 is 33.2 Å². The predicted molar refractivity (Wildman–Crippen MR) is 69.5 cm³/mol. The topological polar surface area (TPSA) is 41.1 Å². The van der Waals surface area contributed by atoms with Gasteiger partial charge in [0.1, 0.15) is 0 Å². The minimum atomic E-state index is 0.0996. The van der Waals surface area contributed by atoms with Crippen LogP contribution < -0.4 is 10.6 Å². The van der Waals surface area contributed by atoms with Gasteiger partial charge in [-0.15, -0.1) is 11.3 Å². The molecule has 0 aromatic carbocycles. The molecule has 0 spiro atoms. The van der Waals surface area contributed by atoms with Crippen LogP contribution in [0.15, 0.2) is 15.9 Å². The quantitative estimate of drug-likeness (QED) is 0.845. The second kappa shape index (κ2) is 5.80. The maximum absolute atomic E-state index is 11.4. The van der Waals surface area contributed by atoms with E-state index in [9.17, 15) is 4.79 Å². The first-order valence-corrected chi connectivity index (χ1v) is 7.11. The van der Waals surface area contributed by atoms with Crippen LogP contribution >= 0.6 is 27.3 Å². The highest BCUT2D eigenvalue weighted by Gasteiger charge is 2.21. The Balaban J connectivity index is 1.57. The van der Waals surface area contributed by atoms with Crippen LogP contribution in [-0.2, 0) is 11.3 Å². The van der Waals surface area contributed by atoms with Crippen molar-refractivity contribution in [3.63, 3.8) is 0 Å². The molecule has 0 radical (unpaired) electrons. The van der Waals surface area contributed by atoms with E-state index in [4.69, 9.17) is 0 Å². The minimum Gasteiger partial charge on any atom is -0.355 e. The summed E-state index contributed by atoms with van der Waals surface area (Å²) >= 11 is 5.09. The number of thiophene rings is 1. The Labute approximate surface area is 108 Å². The van der Waals surface area contributed by atoms with Crippen molar-refractivity contribution in [1.29, 1.82) is 0 Å². The highest BCUT2D eigenvalue weighted by molar-refractivity contribution is 9.10. The van der Waals surface area contributed by atoms with Crippen molar-refractivity contribution in [1.82, 2.24) is 10.6 Å². The van der Waals surface area contributed by atoms with Crippen molar-refractivity contribution in [2.24, 2.45) is 5.92 Å². The Morgan fingerprint density at radius 3 is 3.00 bits per heavy atom. The normalized spacial score (nSPS) is 15.1. The molecule has 0 bridgehead atoms. The molecule has 1 heterocycles. The number of hydrogen-bond donors (Lipinski definition) is 2. The Morgan fingerprint density at radius 1 is 1.56 bits per heavy atom. The molecule has 88 valence electrons. The molecule has 1 aliphatic rings. The highest BCUT2D eigenvalue weighted by atomic mass is 79.9. The zero-order valence-electron chi connectivity index (χ0n) is 8.96. The number of amides is 1. The number of halogens is 1. The van der Waals surface area contributed by atoms with Gasteiger partial charge in [-0.3, -0.25) is 4.79 Å². The van der Waals surface area contributed by atoms with Crippen LogP contribution in [0.25, 0.3) is 0 Å². The second-order valence-electron chi connectivity index (χ2n) is 4.08. The summed E-state index contributed by atoms with van der Waals surface area (Å²) in [6, 6.07) is 2.07. The van der Waals surface area contributed by atoms with E-state index in [0.717, 1.165) is 23.5 Å². The number of nitrogens with one attached hydrogen (secondary N) is 2. The van der Waals surface area contributed by atoms with E-state index in [-0.39, 0.29) is 5.91 Å². The van der Waals surface area contributed by atoms with Crippen LogP contribution in [-0.4, -0.2) is 19.0 Å². The van der Waals surface area contributed by atoms with Crippen LogP contribution in [0.2, 0.25) is 0 Å². The third kappa shape index (κ3) is 4.23. The molecule has 1 aromatic heterocycles. The van der Waals surface area contributed by atoms with Gasteiger partial charge in [0.25, 0.3) is 0 Å². The molecule has 1 aromatic rings. The molecule has 5 heteroatoms. The molecule has 1 saturated carbocycles. The summed E-state index contributed by atoms with van der Waals surface area (Å²) in [6.45, 7) is 2.01. The van der Waals surface area contributed by atoms with E-state index < -0.39 is 0 Å². The SMILES string of the molecule is O=C(CNCc1cc(Br)cs1)NCC1CC1. The number of carbonyl (C=O) groups is 1. The summed E-state index contributed by atoms with van der Waals surface area (Å²) in [5.74, 6) is 0.847. The summed E-state index contributed by atoms with van der Waals surface area (Å²) in [5, 5.41) is 8.11. The lowest BCUT2D eigenvalue weighted by Crippen LogP contribution is -2.34. The maximum atomic E-state index is 11.4. The van der Waals surface area contributed by atoms with Gasteiger partial charge in [-0.2, -0.15) is 0 Å². The van der Waals surface area contributed by atoms with Crippen LogP contribution in [0.1, 0.15) is 17.7 Å². The number of hydrogen-bond acceptors (Lipinski definition) is 3. The molecule has 3 nitrogen and oxygen atoms in total. The first kappa shape index (κ1) is 12.1. The lowest BCUT2D eigenvalue weighted by molar-refractivity contribution is -0.120. The molecule has 1 aliphatic carbocycles. The van der Waals surface area contributed by atoms with E-state index in [2.05, 4.69) is 32.6 Å². The summed E-state index contributed by atoms with van der Waals surface area (Å²) in [4.78, 5) is 12.6. The van der Waals surface area contributed by atoms with Crippen molar-refractivity contribution in [3.8, 4) is 0 Å². The summed E-state index contributed by atoms with van der Waals surface area (Å²) < 4.78 is 1.10. The van der Waals surface area contributed by atoms with Crippen LogP contribution in [0.4, 0.5) is 0 Å². The Kier molecular flexibility index (Phi) is 4.37. The molecule has 2 rings (SSSR count). The molecule has 1 amide bonds. The number of carbonyl (C=O) groups excluding carboxylic acids is 1. The van der Waals surface area contributed by atoms with E-state index in [0.29, 0.717) is 6.54 Å². The lowest BCUT2D eigenvalue weighted by Gasteiger charge is -2.04. The number of rotatable bonds is 6. The first-order valence-electron chi connectivity index (χ1n) is 5.44. The van der Waals surface area contributed by atoms with Gasteiger partial charge in [-0.05, 0) is 40.8 Å². The van der Waals surface area contributed by atoms with Gasteiger partial charge in [0.15, 0.2) is 0 Å². The van der Waals surface area contributed by atoms with Gasteiger partial charge in [-0.1, -0.05) is 0 Å².